The van der Waals surface area contributed by atoms with Gasteiger partial charge in [-0.1, -0.05) is 17.7 Å². The first kappa shape index (κ1) is 38.3. The maximum absolute atomic E-state index is 13.3. The van der Waals surface area contributed by atoms with Gasteiger partial charge in [-0.15, -0.1) is 0 Å². The fraction of sp³-hybridized carbons (Fsp3) is 0.512. The number of hydrogen-bond acceptors (Lipinski definition) is 11. The van der Waals surface area contributed by atoms with E-state index in [-0.39, 0.29) is 28.8 Å². The number of piperazine rings is 1. The Bertz CT molecular complexity index is 1850. The Hall–Kier alpha value is -4.93. The molecule has 2 aromatic rings. The molecule has 0 bridgehead atoms. The molecule has 1 unspecified atom stereocenters. The Morgan fingerprint density at radius 1 is 0.891 bits per heavy atom. The predicted octanol–water partition coefficient (Wildman–Crippen LogP) is 3.42. The van der Waals surface area contributed by atoms with Crippen LogP contribution in [-0.2, 0) is 14.4 Å². The minimum absolute atomic E-state index is 0.128. The third-order valence-corrected chi connectivity index (χ3v) is 12.6. The molecule has 5 heterocycles. The summed E-state index contributed by atoms with van der Waals surface area (Å²) in [4.78, 5) is 48.3. The number of halogens is 1. The summed E-state index contributed by atoms with van der Waals surface area (Å²) in [5.74, 6) is 0.562. The summed E-state index contributed by atoms with van der Waals surface area (Å²) >= 11 is 6.31. The first-order valence-electron chi connectivity index (χ1n) is 19.7. The molecule has 0 saturated carbocycles. The molecule has 2 aromatic carbocycles. The number of rotatable bonds is 9. The van der Waals surface area contributed by atoms with E-state index in [1.807, 2.05) is 29.2 Å². The lowest BCUT2D eigenvalue weighted by Gasteiger charge is -2.40. The van der Waals surface area contributed by atoms with Crippen molar-refractivity contribution in [2.45, 2.75) is 51.0 Å². The molecule has 7 rings (SSSR count). The number of nitriles is 1. The van der Waals surface area contributed by atoms with E-state index in [9.17, 15) is 19.6 Å². The topological polar surface area (TPSA) is 167 Å². The summed E-state index contributed by atoms with van der Waals surface area (Å²) in [6.07, 6.45) is 9.38. The standard InChI is InChI=1S/C41H53ClN10O3/c42-34-25-33(5-4-30(34)26-43)52-19-14-41(28-52)12-17-50(18-13-41)37(45)8-6-35(44)40(55)51-15-10-29(11-16-51)27-48-20-22-49(23-21-48)32-3-1-2-31(24-32)46-36-7-9-38(53)47-39(36)54/h1-6,8,24-25,29,36,46H,7,9-23,27-28,44-45H2,(H,47,53,54)/b35-6-,37-8+. The molecule has 0 radical (unpaired) electrons. The van der Waals surface area contributed by atoms with E-state index in [0.29, 0.717) is 48.3 Å². The SMILES string of the molecule is N#Cc1ccc(N2CCC3(CCN(/C(N)=C/C=C(\N)C(=O)N4CCC(CN5CCN(c6cccc(NC7CCC(=O)NC7=O)c6)CC5)CC4)CC3)C2)cc1Cl. The van der Waals surface area contributed by atoms with Gasteiger partial charge in [-0.2, -0.15) is 5.26 Å². The third kappa shape index (κ3) is 9.14. The minimum atomic E-state index is -0.400. The molecule has 5 aliphatic rings. The van der Waals surface area contributed by atoms with Crippen LogP contribution in [0.3, 0.4) is 0 Å². The van der Waals surface area contributed by atoms with Crippen LogP contribution in [-0.4, -0.2) is 110 Å². The summed E-state index contributed by atoms with van der Waals surface area (Å²) in [5.41, 5.74) is 16.8. The molecule has 55 heavy (non-hydrogen) atoms. The molecule has 14 heteroatoms. The summed E-state index contributed by atoms with van der Waals surface area (Å²) in [6.45, 7) is 9.84. The van der Waals surface area contributed by atoms with Gasteiger partial charge in [0.25, 0.3) is 5.91 Å². The maximum Gasteiger partial charge on any atom is 0.269 e. The second-order valence-corrected chi connectivity index (χ2v) is 16.3. The van der Waals surface area contributed by atoms with Crippen molar-refractivity contribution in [3.63, 3.8) is 0 Å². The van der Waals surface area contributed by atoms with Crippen LogP contribution < -0.4 is 31.9 Å². The van der Waals surface area contributed by atoms with Crippen molar-refractivity contribution in [1.29, 1.82) is 5.26 Å². The number of piperidine rings is 3. The van der Waals surface area contributed by atoms with Gasteiger partial charge in [-0.3, -0.25) is 24.6 Å². The van der Waals surface area contributed by atoms with E-state index < -0.39 is 6.04 Å². The highest BCUT2D eigenvalue weighted by Gasteiger charge is 2.41. The molecule has 0 aromatic heterocycles. The highest BCUT2D eigenvalue weighted by Crippen LogP contribution is 2.42. The van der Waals surface area contributed by atoms with E-state index in [0.717, 1.165) is 108 Å². The number of nitrogens with one attached hydrogen (secondary N) is 2. The second kappa shape index (κ2) is 16.8. The molecule has 6 N–H and O–H groups in total. The normalized spacial score (nSPS) is 22.9. The van der Waals surface area contributed by atoms with Gasteiger partial charge in [0.15, 0.2) is 0 Å². The number of allylic oxidation sites excluding steroid dienone is 2. The number of carbonyl (C=O) groups excluding carboxylic acids is 3. The van der Waals surface area contributed by atoms with Crippen molar-refractivity contribution in [2.24, 2.45) is 22.8 Å². The predicted molar refractivity (Wildman–Crippen MR) is 215 cm³/mol. The summed E-state index contributed by atoms with van der Waals surface area (Å²) in [7, 11) is 0. The molecule has 5 aliphatic heterocycles. The molecule has 0 aliphatic carbocycles. The lowest BCUT2D eigenvalue weighted by atomic mass is 9.78. The lowest BCUT2D eigenvalue weighted by molar-refractivity contribution is -0.133. The van der Waals surface area contributed by atoms with Gasteiger partial charge in [0, 0.05) is 95.5 Å². The highest BCUT2D eigenvalue weighted by molar-refractivity contribution is 6.32. The quantitative estimate of drug-likeness (QED) is 0.168. The average molecular weight is 769 g/mol. The van der Waals surface area contributed by atoms with Crippen LogP contribution >= 0.6 is 11.6 Å². The van der Waals surface area contributed by atoms with Gasteiger partial charge < -0.3 is 36.4 Å². The Balaban J connectivity index is 0.815. The Kier molecular flexibility index (Phi) is 11.7. The zero-order chi connectivity index (χ0) is 38.5. The Morgan fingerprint density at radius 2 is 1.62 bits per heavy atom. The van der Waals surface area contributed by atoms with Crippen LogP contribution in [0.25, 0.3) is 0 Å². The van der Waals surface area contributed by atoms with Gasteiger partial charge in [0.2, 0.25) is 11.8 Å². The molecule has 5 saturated heterocycles. The number of carbonyl (C=O) groups is 3. The van der Waals surface area contributed by atoms with Gasteiger partial charge in [-0.25, -0.2) is 0 Å². The van der Waals surface area contributed by atoms with Crippen molar-refractivity contribution in [3.05, 3.63) is 76.7 Å². The monoisotopic (exact) mass is 768 g/mol. The van der Waals surface area contributed by atoms with Crippen LogP contribution in [0.4, 0.5) is 17.1 Å². The van der Waals surface area contributed by atoms with E-state index in [4.69, 9.17) is 23.1 Å². The van der Waals surface area contributed by atoms with Crippen LogP contribution in [0.1, 0.15) is 50.5 Å². The lowest BCUT2D eigenvalue weighted by Crippen LogP contribution is -2.49. The summed E-state index contributed by atoms with van der Waals surface area (Å²) in [5, 5.41) is 15.4. The smallest absolute Gasteiger partial charge is 0.269 e. The number of imide groups is 1. The van der Waals surface area contributed by atoms with E-state index in [1.165, 1.54) is 0 Å². The number of benzene rings is 2. The fourth-order valence-corrected chi connectivity index (χ4v) is 9.04. The van der Waals surface area contributed by atoms with Crippen LogP contribution in [0.2, 0.25) is 5.02 Å². The molecule has 13 nitrogen and oxygen atoms in total. The number of amides is 3. The largest absolute Gasteiger partial charge is 0.394 e. The zero-order valence-electron chi connectivity index (χ0n) is 31.5. The van der Waals surface area contributed by atoms with Crippen molar-refractivity contribution in [2.75, 3.05) is 87.1 Å². The first-order chi connectivity index (χ1) is 26.6. The average Bonchev–Trinajstić information content (AvgIpc) is 3.61. The summed E-state index contributed by atoms with van der Waals surface area (Å²) in [6, 6.07) is 15.6. The zero-order valence-corrected chi connectivity index (χ0v) is 32.3. The van der Waals surface area contributed by atoms with Crippen molar-refractivity contribution in [1.82, 2.24) is 20.0 Å². The number of anilines is 3. The number of likely N-dealkylation sites (tertiary alicyclic amines) is 2. The maximum atomic E-state index is 13.3. The van der Waals surface area contributed by atoms with Gasteiger partial charge in [0.1, 0.15) is 12.1 Å². The third-order valence-electron chi connectivity index (χ3n) is 12.3. The van der Waals surface area contributed by atoms with Gasteiger partial charge >= 0.3 is 0 Å². The van der Waals surface area contributed by atoms with Crippen LogP contribution in [0.5, 0.6) is 0 Å². The van der Waals surface area contributed by atoms with Crippen molar-refractivity contribution in [3.8, 4) is 6.07 Å². The fourth-order valence-electron chi connectivity index (χ4n) is 8.83. The molecular weight excluding hydrogens is 716 g/mol. The Labute approximate surface area is 328 Å². The number of nitrogens with two attached hydrogens (primary N) is 2. The number of nitrogens with zero attached hydrogens (tertiary/aromatic N) is 6. The number of hydrogen-bond donors (Lipinski definition) is 4. The molecule has 1 spiro atoms. The van der Waals surface area contributed by atoms with Gasteiger partial charge in [0.05, 0.1) is 22.1 Å². The molecule has 3 amide bonds. The summed E-state index contributed by atoms with van der Waals surface area (Å²) < 4.78 is 0. The second-order valence-electron chi connectivity index (χ2n) is 15.9. The van der Waals surface area contributed by atoms with Crippen LogP contribution in [0, 0.1) is 22.7 Å². The van der Waals surface area contributed by atoms with E-state index in [2.05, 4.69) is 48.4 Å². The Morgan fingerprint density at radius 3 is 2.33 bits per heavy atom. The molecular formula is C41H53ClN10O3. The minimum Gasteiger partial charge on any atom is -0.394 e. The van der Waals surface area contributed by atoms with E-state index in [1.54, 1.807) is 18.2 Å². The van der Waals surface area contributed by atoms with Crippen molar-refractivity contribution < 1.29 is 14.4 Å². The molecule has 5 fully saturated rings. The van der Waals surface area contributed by atoms with Gasteiger partial charge in [-0.05, 0) is 98.4 Å². The molecule has 1 atom stereocenters. The van der Waals surface area contributed by atoms with Crippen LogP contribution in [0.15, 0.2) is 66.1 Å². The van der Waals surface area contributed by atoms with E-state index >= 15 is 0 Å². The highest BCUT2D eigenvalue weighted by atomic mass is 35.5. The first-order valence-corrected chi connectivity index (χ1v) is 20.1. The molecule has 292 valence electrons. The van der Waals surface area contributed by atoms with Crippen molar-refractivity contribution >= 4 is 46.4 Å².